The third-order valence-corrected chi connectivity index (χ3v) is 6.24. The number of hydrogen-bond donors (Lipinski definition) is 2. The molecule has 180 valence electrons. The van der Waals surface area contributed by atoms with Crippen LogP contribution in [-0.2, 0) is 16.0 Å². The molecule has 0 fully saturated rings. The largest absolute Gasteiger partial charge is 0.497 e. The quantitative estimate of drug-likeness (QED) is 0.553. The Hall–Kier alpha value is -3.97. The summed E-state index contributed by atoms with van der Waals surface area (Å²) in [7, 11) is 3.45. The molecule has 1 aliphatic heterocycles. The topological polar surface area (TPSA) is 97.0 Å². The van der Waals surface area contributed by atoms with Crippen molar-refractivity contribution in [1.82, 2.24) is 5.32 Å². The van der Waals surface area contributed by atoms with Gasteiger partial charge in [-0.2, -0.15) is 0 Å². The number of carbonyl (C=O) groups excluding carboxylic acids is 2. The van der Waals surface area contributed by atoms with E-state index in [4.69, 9.17) is 15.5 Å². The van der Waals surface area contributed by atoms with Crippen molar-refractivity contribution in [2.45, 2.75) is 31.6 Å². The van der Waals surface area contributed by atoms with Gasteiger partial charge in [-0.05, 0) is 30.7 Å². The Morgan fingerprint density at radius 2 is 1.69 bits per heavy atom. The molecule has 0 aliphatic carbocycles. The van der Waals surface area contributed by atoms with Crippen LogP contribution in [-0.4, -0.2) is 49.8 Å². The molecule has 0 radical (unpaired) electrons. The number of nitrogens with one attached hydrogen (secondary N) is 1. The average molecular weight is 471 g/mol. The number of methoxy groups -OCH3 is 1. The number of benzodiazepines with no additional fused rings is 1. The summed E-state index contributed by atoms with van der Waals surface area (Å²) in [5, 5.41) is 2.82. The van der Waals surface area contributed by atoms with Crippen molar-refractivity contribution in [3.05, 3.63) is 95.6 Å². The van der Waals surface area contributed by atoms with E-state index in [1.807, 2.05) is 78.7 Å². The van der Waals surface area contributed by atoms with E-state index in [9.17, 15) is 9.59 Å². The minimum atomic E-state index is -0.862. The number of nitrogens with two attached hydrogens (primary N) is 1. The number of ketones is 1. The predicted octanol–water partition coefficient (Wildman–Crippen LogP) is 2.95. The molecule has 7 heteroatoms. The number of carbonyl (C=O) groups is 2. The molecule has 4 rings (SSSR count). The number of aliphatic imine (C=N–C) groups is 1. The number of anilines is 1. The van der Waals surface area contributed by atoms with E-state index < -0.39 is 18.2 Å². The molecule has 2 unspecified atom stereocenters. The molecule has 3 N–H and O–H groups in total. The summed E-state index contributed by atoms with van der Waals surface area (Å²) in [5.41, 5.74) is 10.8. The normalized spacial score (nSPS) is 18.1. The van der Waals surface area contributed by atoms with Crippen LogP contribution < -0.4 is 20.7 Å². The van der Waals surface area contributed by atoms with Gasteiger partial charge in [-0.25, -0.2) is 0 Å². The molecular weight excluding hydrogens is 440 g/mol. The van der Waals surface area contributed by atoms with Crippen molar-refractivity contribution in [3.8, 4) is 5.75 Å². The fourth-order valence-electron chi connectivity index (χ4n) is 4.25. The highest BCUT2D eigenvalue weighted by molar-refractivity contribution is 6.17. The summed E-state index contributed by atoms with van der Waals surface area (Å²) in [6, 6.07) is 23.2. The summed E-state index contributed by atoms with van der Waals surface area (Å²) in [6.07, 6.45) is -0.534. The van der Waals surface area contributed by atoms with E-state index in [0.717, 1.165) is 28.1 Å². The maximum atomic E-state index is 13.6. The Balaban J connectivity index is 1.58. The van der Waals surface area contributed by atoms with Crippen molar-refractivity contribution in [1.29, 1.82) is 0 Å². The van der Waals surface area contributed by atoms with Crippen molar-refractivity contribution >= 4 is 23.1 Å². The predicted molar refractivity (Wildman–Crippen MR) is 138 cm³/mol. The molecule has 7 nitrogen and oxygen atoms in total. The SMILES string of the molecule is COc1ccc(CC(=O)NC(C)C(=O)C2N=C(c3ccccc3)c3ccccc3N(C)[C@@H]2N)cc1. The monoisotopic (exact) mass is 470 g/mol. The molecular formula is C28H30N4O3. The van der Waals surface area contributed by atoms with Gasteiger partial charge in [0.2, 0.25) is 5.91 Å². The Morgan fingerprint density at radius 3 is 2.37 bits per heavy atom. The van der Waals surface area contributed by atoms with E-state index >= 15 is 0 Å². The number of amides is 1. The van der Waals surface area contributed by atoms with Gasteiger partial charge in [-0.15, -0.1) is 0 Å². The number of ether oxygens (including phenoxy) is 1. The molecule has 0 spiro atoms. The van der Waals surface area contributed by atoms with Crippen LogP contribution in [0.15, 0.2) is 83.9 Å². The lowest BCUT2D eigenvalue weighted by atomic mass is 10.00. The van der Waals surface area contributed by atoms with Crippen LogP contribution >= 0.6 is 0 Å². The first-order chi connectivity index (χ1) is 16.9. The molecule has 35 heavy (non-hydrogen) atoms. The van der Waals surface area contributed by atoms with Gasteiger partial charge in [0, 0.05) is 23.9 Å². The molecule has 0 bridgehead atoms. The number of rotatable bonds is 7. The molecule has 1 aliphatic rings. The van der Waals surface area contributed by atoms with Crippen molar-refractivity contribution in [2.24, 2.45) is 10.7 Å². The lowest BCUT2D eigenvalue weighted by Gasteiger charge is -2.30. The minimum absolute atomic E-state index is 0.155. The molecule has 0 aromatic heterocycles. The molecule has 3 aromatic rings. The van der Waals surface area contributed by atoms with Gasteiger partial charge in [0.25, 0.3) is 0 Å². The second-order valence-corrected chi connectivity index (χ2v) is 8.62. The molecule has 1 heterocycles. The maximum absolute atomic E-state index is 13.6. The summed E-state index contributed by atoms with van der Waals surface area (Å²) in [6.45, 7) is 1.68. The molecule has 3 atom stereocenters. The minimum Gasteiger partial charge on any atom is -0.497 e. The summed E-state index contributed by atoms with van der Waals surface area (Å²) >= 11 is 0. The Morgan fingerprint density at radius 1 is 1.03 bits per heavy atom. The van der Waals surface area contributed by atoms with Crippen LogP contribution in [0.4, 0.5) is 5.69 Å². The van der Waals surface area contributed by atoms with Gasteiger partial charge in [-0.1, -0.05) is 60.7 Å². The summed E-state index contributed by atoms with van der Waals surface area (Å²) in [4.78, 5) is 33.0. The van der Waals surface area contributed by atoms with Crippen LogP contribution in [0.2, 0.25) is 0 Å². The summed E-state index contributed by atoms with van der Waals surface area (Å²) < 4.78 is 5.16. The number of hydrogen-bond acceptors (Lipinski definition) is 6. The Bertz CT molecular complexity index is 1220. The molecule has 0 saturated carbocycles. The van der Waals surface area contributed by atoms with Crippen LogP contribution in [0.5, 0.6) is 5.75 Å². The van der Waals surface area contributed by atoms with Crippen LogP contribution in [0.1, 0.15) is 23.6 Å². The van der Waals surface area contributed by atoms with E-state index in [0.29, 0.717) is 5.71 Å². The lowest BCUT2D eigenvalue weighted by molar-refractivity contribution is -0.127. The van der Waals surface area contributed by atoms with Crippen LogP contribution in [0, 0.1) is 0 Å². The van der Waals surface area contributed by atoms with Crippen molar-refractivity contribution in [3.63, 3.8) is 0 Å². The fraction of sp³-hybridized carbons (Fsp3) is 0.250. The van der Waals surface area contributed by atoms with Crippen molar-refractivity contribution < 1.29 is 14.3 Å². The van der Waals surface area contributed by atoms with Gasteiger partial charge in [-0.3, -0.25) is 14.6 Å². The van der Waals surface area contributed by atoms with Gasteiger partial charge >= 0.3 is 0 Å². The highest BCUT2D eigenvalue weighted by Gasteiger charge is 2.36. The number of likely N-dealkylation sites (N-methyl/N-ethyl adjacent to an activating group) is 1. The second kappa shape index (κ2) is 10.5. The third kappa shape index (κ3) is 5.25. The molecule has 3 aromatic carbocycles. The van der Waals surface area contributed by atoms with Gasteiger partial charge < -0.3 is 20.7 Å². The first kappa shape index (κ1) is 24.2. The summed E-state index contributed by atoms with van der Waals surface area (Å²) in [5.74, 6) is 0.230. The Kier molecular flexibility index (Phi) is 7.27. The fourth-order valence-corrected chi connectivity index (χ4v) is 4.25. The first-order valence-electron chi connectivity index (χ1n) is 11.6. The molecule has 1 amide bonds. The van der Waals surface area contributed by atoms with Gasteiger partial charge in [0.05, 0.1) is 25.3 Å². The van der Waals surface area contributed by atoms with Gasteiger partial charge in [0.1, 0.15) is 18.0 Å². The van der Waals surface area contributed by atoms with Crippen molar-refractivity contribution in [2.75, 3.05) is 19.1 Å². The van der Waals surface area contributed by atoms with E-state index in [1.54, 1.807) is 26.2 Å². The number of benzene rings is 3. The zero-order valence-electron chi connectivity index (χ0n) is 20.1. The van der Waals surface area contributed by atoms with Crippen LogP contribution in [0.3, 0.4) is 0 Å². The number of para-hydroxylation sites is 1. The Labute approximate surface area is 205 Å². The van der Waals surface area contributed by atoms with E-state index in [-0.39, 0.29) is 18.1 Å². The number of fused-ring (bicyclic) bond motifs is 1. The number of Topliss-reactive ketones (excluding diaryl/α,β-unsaturated/α-hetero) is 1. The number of nitrogens with zero attached hydrogens (tertiary/aromatic N) is 2. The van der Waals surface area contributed by atoms with E-state index in [2.05, 4.69) is 5.32 Å². The van der Waals surface area contributed by atoms with Gasteiger partial charge in [0.15, 0.2) is 5.78 Å². The highest BCUT2D eigenvalue weighted by atomic mass is 16.5. The van der Waals surface area contributed by atoms with E-state index in [1.165, 1.54) is 0 Å². The average Bonchev–Trinajstić information content (AvgIpc) is 2.99. The zero-order chi connectivity index (χ0) is 24.9. The first-order valence-corrected chi connectivity index (χ1v) is 11.6. The maximum Gasteiger partial charge on any atom is 0.224 e. The second-order valence-electron chi connectivity index (χ2n) is 8.62. The zero-order valence-corrected chi connectivity index (χ0v) is 20.1. The van der Waals surface area contributed by atoms with Crippen LogP contribution in [0.25, 0.3) is 0 Å². The standard InChI is InChI=1S/C28H30N4O3/c1-18(30-24(33)17-19-13-15-21(35-3)16-14-19)27(34)26-28(29)32(2)23-12-8-7-11-22(23)25(31-26)20-9-5-4-6-10-20/h4-16,18,26,28H,17,29H2,1-3H3,(H,30,33)/t18?,26?,28-/m0/s1. The molecule has 0 saturated heterocycles. The third-order valence-electron chi connectivity index (χ3n) is 6.24. The smallest absolute Gasteiger partial charge is 0.224 e. The lowest BCUT2D eigenvalue weighted by Crippen LogP contribution is -2.55. The highest BCUT2D eigenvalue weighted by Crippen LogP contribution is 2.29.